The molecule has 0 aliphatic rings. The zero-order valence-electron chi connectivity index (χ0n) is 11.3. The Balaban J connectivity index is 7.18. The number of halogens is 18. The van der Waals surface area contributed by atoms with Crippen LogP contribution in [0.1, 0.15) is 0 Å². The van der Waals surface area contributed by atoms with Crippen molar-refractivity contribution in [3.05, 3.63) is 11.1 Å². The molecule has 1 atom stereocenters. The molecule has 0 amide bonds. The van der Waals surface area contributed by atoms with Crippen LogP contribution in [0.15, 0.2) is 11.1 Å². The van der Waals surface area contributed by atoms with Crippen LogP contribution in [0.4, 0.5) is 74.6 Å². The van der Waals surface area contributed by atoms with Crippen molar-refractivity contribution in [2.75, 3.05) is 0 Å². The van der Waals surface area contributed by atoms with Crippen molar-refractivity contribution in [3.63, 3.8) is 0 Å². The number of rotatable bonds is 5. The molecule has 0 aromatic rings. The highest BCUT2D eigenvalue weighted by Crippen LogP contribution is 2.65. The molecular formula is C9ClF17. The first-order valence-corrected chi connectivity index (χ1v) is 5.78. The van der Waals surface area contributed by atoms with Crippen molar-refractivity contribution in [2.24, 2.45) is 0 Å². The SMILES string of the molecule is FC(F)=C(Cl)C(F)(F)C(F)(F)C(F)(C(F)(F)F)C(F)(F)C(F)(F)C(F)(F)F. The van der Waals surface area contributed by atoms with Crippen LogP contribution in [0.5, 0.6) is 0 Å². The molecule has 0 radical (unpaired) electrons. The second kappa shape index (κ2) is 6.43. The third-order valence-electron chi connectivity index (χ3n) is 2.84. The lowest BCUT2D eigenvalue weighted by Crippen LogP contribution is -2.77. The molecule has 0 heterocycles. The van der Waals surface area contributed by atoms with Gasteiger partial charge in [0.25, 0.3) is 6.08 Å². The molecule has 0 N–H and O–H groups in total. The van der Waals surface area contributed by atoms with Gasteiger partial charge < -0.3 is 0 Å². The van der Waals surface area contributed by atoms with Crippen LogP contribution in [0.25, 0.3) is 0 Å². The van der Waals surface area contributed by atoms with Gasteiger partial charge in [-0.2, -0.15) is 70.2 Å². The molecular weight excluding hydrogens is 467 g/mol. The van der Waals surface area contributed by atoms with E-state index in [0.717, 1.165) is 0 Å². The predicted octanol–water partition coefficient (Wildman–Crippen LogP) is 6.71. The summed E-state index contributed by atoms with van der Waals surface area (Å²) in [7, 11) is 0. The Bertz CT molecular complexity index is 591. The molecule has 0 aromatic heterocycles. The van der Waals surface area contributed by atoms with Gasteiger partial charge in [0.2, 0.25) is 0 Å². The van der Waals surface area contributed by atoms with Crippen LogP contribution in [-0.4, -0.2) is 41.7 Å². The lowest BCUT2D eigenvalue weighted by molar-refractivity contribution is -0.454. The third-order valence-corrected chi connectivity index (χ3v) is 3.22. The minimum Gasteiger partial charge on any atom is -0.219 e. The molecule has 18 heteroatoms. The number of hydrogen-bond donors (Lipinski definition) is 0. The molecule has 0 bridgehead atoms. The van der Waals surface area contributed by atoms with Crippen LogP contribution >= 0.6 is 11.6 Å². The lowest BCUT2D eigenvalue weighted by atomic mass is 9.82. The van der Waals surface area contributed by atoms with Gasteiger partial charge in [0.05, 0.1) is 0 Å². The third kappa shape index (κ3) is 3.28. The summed E-state index contributed by atoms with van der Waals surface area (Å²) in [5, 5.41) is -4.01. The molecule has 0 aromatic carbocycles. The van der Waals surface area contributed by atoms with E-state index in [0.29, 0.717) is 0 Å². The number of hydrogen-bond acceptors (Lipinski definition) is 0. The molecule has 1 unspecified atom stereocenters. The molecule has 0 saturated heterocycles. The first-order chi connectivity index (χ1) is 11.4. The maximum atomic E-state index is 13.6. The highest BCUT2D eigenvalue weighted by Gasteiger charge is 2.96. The summed E-state index contributed by atoms with van der Waals surface area (Å²) in [6, 6.07) is 0. The summed E-state index contributed by atoms with van der Waals surface area (Å²) >= 11 is 3.81. The highest BCUT2D eigenvalue weighted by molar-refractivity contribution is 6.30. The minimum absolute atomic E-state index is 3.81. The van der Waals surface area contributed by atoms with E-state index in [9.17, 15) is 74.6 Å². The van der Waals surface area contributed by atoms with E-state index < -0.39 is 52.8 Å². The minimum atomic E-state index is -8.72. The number of alkyl halides is 15. The van der Waals surface area contributed by atoms with Gasteiger partial charge in [0.15, 0.2) is 5.03 Å². The predicted molar refractivity (Wildman–Crippen MR) is 50.8 cm³/mol. The monoisotopic (exact) mass is 466 g/mol. The first kappa shape index (κ1) is 25.8. The lowest BCUT2D eigenvalue weighted by Gasteiger charge is -2.44. The molecule has 162 valence electrons. The molecule has 0 nitrogen and oxygen atoms in total. The maximum absolute atomic E-state index is 13.6. The Morgan fingerprint density at radius 3 is 1.04 bits per heavy atom. The fraction of sp³-hybridized carbons (Fsp3) is 0.778. The van der Waals surface area contributed by atoms with Gasteiger partial charge in [-0.25, -0.2) is 4.39 Å². The van der Waals surface area contributed by atoms with Gasteiger partial charge in [-0.3, -0.25) is 0 Å². The summed E-state index contributed by atoms with van der Waals surface area (Å²) in [5.41, 5.74) is -8.72. The van der Waals surface area contributed by atoms with Crippen molar-refractivity contribution in [3.8, 4) is 0 Å². The fourth-order valence-electron chi connectivity index (χ4n) is 1.42. The molecule has 0 fully saturated rings. The van der Waals surface area contributed by atoms with Crippen LogP contribution in [0.2, 0.25) is 0 Å². The van der Waals surface area contributed by atoms with Gasteiger partial charge in [-0.1, -0.05) is 11.6 Å². The summed E-state index contributed by atoms with van der Waals surface area (Å²) < 4.78 is 214. The largest absolute Gasteiger partial charge is 0.460 e. The van der Waals surface area contributed by atoms with Crippen molar-refractivity contribution in [1.82, 2.24) is 0 Å². The van der Waals surface area contributed by atoms with Crippen LogP contribution in [0, 0.1) is 0 Å². The summed E-state index contributed by atoms with van der Waals surface area (Å²) in [6.07, 6.45) is -20.3. The zero-order valence-corrected chi connectivity index (χ0v) is 12.1. The number of allylic oxidation sites excluding steroid dienone is 1. The maximum Gasteiger partial charge on any atom is 0.460 e. The van der Waals surface area contributed by atoms with Crippen LogP contribution in [-0.2, 0) is 0 Å². The molecule has 0 saturated carbocycles. The second-order valence-corrected chi connectivity index (χ2v) is 4.90. The summed E-state index contributed by atoms with van der Waals surface area (Å²) in [4.78, 5) is 0. The molecule has 0 rings (SSSR count). The fourth-order valence-corrected chi connectivity index (χ4v) is 1.54. The van der Waals surface area contributed by atoms with Gasteiger partial charge in [0.1, 0.15) is 0 Å². The second-order valence-electron chi connectivity index (χ2n) is 4.53. The van der Waals surface area contributed by atoms with E-state index >= 15 is 0 Å². The van der Waals surface area contributed by atoms with Crippen molar-refractivity contribution >= 4 is 11.6 Å². The average Bonchev–Trinajstić information content (AvgIpc) is 2.41. The zero-order chi connectivity index (χ0) is 22.7. The Morgan fingerprint density at radius 1 is 0.481 bits per heavy atom. The van der Waals surface area contributed by atoms with E-state index in [1.165, 1.54) is 0 Å². The Kier molecular flexibility index (Phi) is 6.16. The van der Waals surface area contributed by atoms with E-state index in [2.05, 4.69) is 11.6 Å². The topological polar surface area (TPSA) is 0 Å². The van der Waals surface area contributed by atoms with E-state index in [1.807, 2.05) is 0 Å². The summed E-state index contributed by atoms with van der Waals surface area (Å²) in [6.45, 7) is 0. The van der Waals surface area contributed by atoms with Crippen LogP contribution < -0.4 is 0 Å². The molecule has 0 aliphatic carbocycles. The van der Waals surface area contributed by atoms with Crippen molar-refractivity contribution in [1.29, 1.82) is 0 Å². The van der Waals surface area contributed by atoms with E-state index in [1.54, 1.807) is 0 Å². The quantitative estimate of drug-likeness (QED) is 0.395. The first-order valence-electron chi connectivity index (χ1n) is 5.40. The van der Waals surface area contributed by atoms with Gasteiger partial charge in [-0.05, 0) is 0 Å². The van der Waals surface area contributed by atoms with Crippen LogP contribution in [0.3, 0.4) is 0 Å². The Labute approximate surface area is 140 Å². The van der Waals surface area contributed by atoms with Crippen molar-refractivity contribution in [2.45, 2.75) is 41.7 Å². The van der Waals surface area contributed by atoms with E-state index in [4.69, 9.17) is 0 Å². The van der Waals surface area contributed by atoms with Gasteiger partial charge in [-0.15, -0.1) is 0 Å². The van der Waals surface area contributed by atoms with Crippen molar-refractivity contribution < 1.29 is 74.6 Å². The molecule has 0 spiro atoms. The molecule has 0 aliphatic heterocycles. The molecule has 27 heavy (non-hydrogen) atoms. The van der Waals surface area contributed by atoms with E-state index in [-0.39, 0.29) is 0 Å². The highest BCUT2D eigenvalue weighted by atomic mass is 35.5. The Morgan fingerprint density at radius 2 is 0.815 bits per heavy atom. The average molecular weight is 467 g/mol. The Hall–Kier alpha value is -1.16. The van der Waals surface area contributed by atoms with Gasteiger partial charge >= 0.3 is 41.7 Å². The smallest absolute Gasteiger partial charge is 0.219 e. The standard InChI is InChI=1S/C9ClF17/c10-1(2(11)12)3(13,14)5(16,17)4(15,8(22,23)24)6(18,19)7(20,21)9(25,26)27. The normalized spacial score (nSPS) is 17.6. The summed E-state index contributed by atoms with van der Waals surface area (Å²) in [5.74, 6) is -32.9. The van der Waals surface area contributed by atoms with Gasteiger partial charge in [0, 0.05) is 0 Å².